The van der Waals surface area contributed by atoms with Gasteiger partial charge in [-0.3, -0.25) is 4.79 Å². The van der Waals surface area contributed by atoms with Crippen molar-refractivity contribution in [2.75, 3.05) is 0 Å². The zero-order valence-corrected chi connectivity index (χ0v) is 16.2. The second-order valence-corrected chi connectivity index (χ2v) is 10.0. The van der Waals surface area contributed by atoms with Crippen molar-refractivity contribution < 1.29 is 4.79 Å². The lowest BCUT2D eigenvalue weighted by Gasteiger charge is -2.55. The zero-order chi connectivity index (χ0) is 18.0. The van der Waals surface area contributed by atoms with Crippen LogP contribution in [0.25, 0.3) is 10.9 Å². The first kappa shape index (κ1) is 16.2. The molecule has 0 atom stereocenters. The number of rotatable bonds is 3. The maximum absolute atomic E-state index is 13.2. The first-order valence-corrected chi connectivity index (χ1v) is 11.1. The highest BCUT2D eigenvalue weighted by Gasteiger charge is 2.54. The Hall–Kier alpha value is -1.77. The summed E-state index contributed by atoms with van der Waals surface area (Å²) in [5, 5.41) is 4.72. The van der Waals surface area contributed by atoms with Gasteiger partial charge in [-0.05, 0) is 105 Å². The molecule has 0 aliphatic heterocycles. The summed E-state index contributed by atoms with van der Waals surface area (Å²) in [5.74, 6) is 2.82. The van der Waals surface area contributed by atoms with E-state index in [0.717, 1.165) is 37.0 Å². The molecule has 4 saturated carbocycles. The summed E-state index contributed by atoms with van der Waals surface area (Å²) in [7, 11) is 0. The van der Waals surface area contributed by atoms with E-state index in [4.69, 9.17) is 0 Å². The van der Waals surface area contributed by atoms with Crippen LogP contribution in [0.15, 0.2) is 18.2 Å². The maximum Gasteiger partial charge on any atom is 0.226 e. The van der Waals surface area contributed by atoms with Crippen LogP contribution in [0.2, 0.25) is 0 Å². The van der Waals surface area contributed by atoms with Crippen LogP contribution >= 0.6 is 0 Å². The monoisotopic (exact) mass is 362 g/mol. The number of hydrogen-bond donors (Lipinski definition) is 2. The molecule has 0 saturated heterocycles. The third-order valence-electron chi connectivity index (χ3n) is 8.14. The third-order valence-corrected chi connectivity index (χ3v) is 8.14. The van der Waals surface area contributed by atoms with Crippen LogP contribution in [-0.2, 0) is 24.2 Å². The molecule has 4 bridgehead atoms. The number of nitrogens with one attached hydrogen (secondary N) is 2. The Bertz CT molecular complexity index is 873. The van der Waals surface area contributed by atoms with E-state index in [-0.39, 0.29) is 5.41 Å². The van der Waals surface area contributed by atoms with Gasteiger partial charge >= 0.3 is 0 Å². The molecule has 1 heterocycles. The van der Waals surface area contributed by atoms with E-state index in [1.807, 2.05) is 0 Å². The molecule has 142 valence electrons. The van der Waals surface area contributed by atoms with Crippen LogP contribution < -0.4 is 5.32 Å². The summed E-state index contributed by atoms with van der Waals surface area (Å²) in [6.45, 7) is 0.677. The van der Waals surface area contributed by atoms with Crippen molar-refractivity contribution in [1.82, 2.24) is 10.3 Å². The van der Waals surface area contributed by atoms with E-state index in [2.05, 4.69) is 28.5 Å². The second-order valence-electron chi connectivity index (χ2n) is 10.0. The molecular weight excluding hydrogens is 332 g/mol. The number of aromatic nitrogens is 1. The van der Waals surface area contributed by atoms with Crippen molar-refractivity contribution in [3.63, 3.8) is 0 Å². The minimum absolute atomic E-state index is 0.0356. The van der Waals surface area contributed by atoms with Gasteiger partial charge in [0.1, 0.15) is 0 Å². The Labute approximate surface area is 161 Å². The Morgan fingerprint density at radius 3 is 2.48 bits per heavy atom. The lowest BCUT2D eigenvalue weighted by atomic mass is 9.49. The molecule has 1 aromatic carbocycles. The molecule has 7 rings (SSSR count). The van der Waals surface area contributed by atoms with E-state index in [0.29, 0.717) is 12.5 Å². The summed E-state index contributed by atoms with van der Waals surface area (Å²) >= 11 is 0. The van der Waals surface area contributed by atoms with Crippen LogP contribution in [0.5, 0.6) is 0 Å². The molecule has 4 fully saturated rings. The average Bonchev–Trinajstić information content (AvgIpc) is 3.03. The molecule has 2 N–H and O–H groups in total. The number of aromatic amines is 1. The van der Waals surface area contributed by atoms with Crippen molar-refractivity contribution >= 4 is 16.8 Å². The van der Waals surface area contributed by atoms with Crippen molar-refractivity contribution in [2.24, 2.45) is 23.2 Å². The lowest BCUT2D eigenvalue weighted by Crippen LogP contribution is -2.53. The van der Waals surface area contributed by atoms with Gasteiger partial charge in [-0.15, -0.1) is 0 Å². The number of hydrogen-bond acceptors (Lipinski definition) is 1. The molecule has 3 heteroatoms. The van der Waals surface area contributed by atoms with Gasteiger partial charge in [0, 0.05) is 28.6 Å². The molecule has 2 aromatic rings. The average molecular weight is 363 g/mol. The van der Waals surface area contributed by atoms with Gasteiger partial charge < -0.3 is 10.3 Å². The summed E-state index contributed by atoms with van der Waals surface area (Å²) < 4.78 is 0. The van der Waals surface area contributed by atoms with Crippen molar-refractivity contribution in [1.29, 1.82) is 0 Å². The highest BCUT2D eigenvalue weighted by atomic mass is 16.2. The predicted molar refractivity (Wildman–Crippen MR) is 107 cm³/mol. The molecular formula is C24H30N2O. The van der Waals surface area contributed by atoms with Gasteiger partial charge in [0.15, 0.2) is 0 Å². The fourth-order valence-corrected chi connectivity index (χ4v) is 7.32. The largest absolute Gasteiger partial charge is 0.358 e. The molecule has 0 spiro atoms. The van der Waals surface area contributed by atoms with E-state index in [1.54, 1.807) is 0 Å². The van der Waals surface area contributed by atoms with E-state index < -0.39 is 0 Å². The fraction of sp³-hybridized carbons (Fsp3) is 0.625. The highest BCUT2D eigenvalue weighted by Crippen LogP contribution is 2.60. The fourth-order valence-electron chi connectivity index (χ4n) is 7.32. The van der Waals surface area contributed by atoms with Crippen LogP contribution in [-0.4, -0.2) is 10.9 Å². The van der Waals surface area contributed by atoms with Gasteiger partial charge in [0.2, 0.25) is 5.91 Å². The third kappa shape index (κ3) is 2.57. The number of fused-ring (bicyclic) bond motifs is 3. The van der Waals surface area contributed by atoms with Crippen molar-refractivity contribution in [2.45, 2.75) is 70.8 Å². The first-order valence-electron chi connectivity index (χ1n) is 11.1. The highest BCUT2D eigenvalue weighted by molar-refractivity contribution is 5.86. The molecule has 0 radical (unpaired) electrons. The maximum atomic E-state index is 13.2. The summed E-state index contributed by atoms with van der Waals surface area (Å²) in [6.07, 6.45) is 12.6. The number of amides is 1. The molecule has 3 nitrogen and oxygen atoms in total. The minimum Gasteiger partial charge on any atom is -0.358 e. The number of aryl methyl sites for hydroxylation is 2. The predicted octanol–water partition coefficient (Wildman–Crippen LogP) is 4.88. The van der Waals surface area contributed by atoms with Gasteiger partial charge in [-0.25, -0.2) is 0 Å². The van der Waals surface area contributed by atoms with Gasteiger partial charge in [-0.1, -0.05) is 6.07 Å². The summed E-state index contributed by atoms with van der Waals surface area (Å²) in [6, 6.07) is 6.71. The van der Waals surface area contributed by atoms with E-state index >= 15 is 0 Å². The SMILES string of the molecule is O=C(NCc1ccc2[nH]c3c(c2c1)CCCC3)C12CC3CC(CC(C3)C1)C2. The van der Waals surface area contributed by atoms with Gasteiger partial charge in [0.25, 0.3) is 0 Å². The molecule has 5 aliphatic carbocycles. The van der Waals surface area contributed by atoms with Crippen LogP contribution in [0.3, 0.4) is 0 Å². The van der Waals surface area contributed by atoms with Crippen LogP contribution in [0, 0.1) is 23.2 Å². The van der Waals surface area contributed by atoms with Gasteiger partial charge in [-0.2, -0.15) is 0 Å². The normalized spacial score (nSPS) is 34.0. The Kier molecular flexibility index (Phi) is 3.52. The van der Waals surface area contributed by atoms with Crippen LogP contribution in [0.1, 0.15) is 68.2 Å². The molecule has 1 aromatic heterocycles. The van der Waals surface area contributed by atoms with Crippen molar-refractivity contribution in [3.05, 3.63) is 35.0 Å². The number of benzene rings is 1. The topological polar surface area (TPSA) is 44.9 Å². The second kappa shape index (κ2) is 5.86. The molecule has 1 amide bonds. The van der Waals surface area contributed by atoms with Gasteiger partial charge in [0.05, 0.1) is 0 Å². The lowest BCUT2D eigenvalue weighted by molar-refractivity contribution is -0.146. The Morgan fingerprint density at radius 1 is 1.04 bits per heavy atom. The smallest absolute Gasteiger partial charge is 0.226 e. The Morgan fingerprint density at radius 2 is 1.74 bits per heavy atom. The molecule has 0 unspecified atom stereocenters. The summed E-state index contributed by atoms with van der Waals surface area (Å²) in [5.41, 5.74) is 5.43. The number of H-pyrrole nitrogens is 1. The number of carbonyl (C=O) groups excluding carboxylic acids is 1. The number of carbonyl (C=O) groups is 1. The molecule has 27 heavy (non-hydrogen) atoms. The van der Waals surface area contributed by atoms with Crippen molar-refractivity contribution in [3.8, 4) is 0 Å². The zero-order valence-electron chi connectivity index (χ0n) is 16.2. The standard InChI is InChI=1S/C24H30N2O/c27-23(24-11-16-7-17(12-24)9-18(8-16)13-24)25-14-15-5-6-22-20(10-15)19-3-1-2-4-21(19)26-22/h5-6,10,16-18,26H,1-4,7-9,11-14H2,(H,25,27). The van der Waals surface area contributed by atoms with E-state index in [1.165, 1.54) is 72.7 Å². The van der Waals surface area contributed by atoms with Crippen LogP contribution in [0.4, 0.5) is 0 Å². The van der Waals surface area contributed by atoms with E-state index in [9.17, 15) is 4.79 Å². The Balaban J connectivity index is 1.21. The quantitative estimate of drug-likeness (QED) is 0.803. The minimum atomic E-state index is -0.0356. The summed E-state index contributed by atoms with van der Waals surface area (Å²) in [4.78, 5) is 16.8. The molecule has 5 aliphatic rings. The first-order chi connectivity index (χ1) is 13.2.